The van der Waals surface area contributed by atoms with Crippen molar-refractivity contribution in [2.45, 2.75) is 0 Å². The Hall–Kier alpha value is -3.66. The van der Waals surface area contributed by atoms with Crippen LogP contribution < -0.4 is 11.2 Å². The molecule has 0 spiro atoms. The molecule has 0 unspecified atom stereocenters. The van der Waals surface area contributed by atoms with Crippen LogP contribution in [0.1, 0.15) is 0 Å². The van der Waals surface area contributed by atoms with Gasteiger partial charge in [-0.3, -0.25) is 10.8 Å². The lowest BCUT2D eigenvalue weighted by Crippen LogP contribution is -2.21. The molecule has 3 aromatic rings. The monoisotopic (exact) mass is 303 g/mol. The second-order valence-corrected chi connectivity index (χ2v) is 4.77. The van der Waals surface area contributed by atoms with Gasteiger partial charge in [-0.05, 0) is 24.3 Å². The van der Waals surface area contributed by atoms with Crippen LogP contribution in [0.25, 0.3) is 16.9 Å². The van der Waals surface area contributed by atoms with Crippen molar-refractivity contribution in [2.75, 3.05) is 5.43 Å². The van der Waals surface area contributed by atoms with Crippen molar-refractivity contribution in [1.29, 1.82) is 10.7 Å². The van der Waals surface area contributed by atoms with Gasteiger partial charge in [0.25, 0.3) is 0 Å². The Labute approximate surface area is 132 Å². The van der Waals surface area contributed by atoms with Crippen molar-refractivity contribution in [3.63, 3.8) is 0 Å². The number of amidine groups is 1. The Balaban J connectivity index is 1.91. The van der Waals surface area contributed by atoms with Crippen molar-refractivity contribution in [3.8, 4) is 17.3 Å². The maximum atomic E-state index is 8.83. The largest absolute Gasteiger partial charge is 0.382 e. The molecule has 3 rings (SSSR count). The lowest BCUT2D eigenvalue weighted by Gasteiger charge is -2.03. The molecule has 112 valence electrons. The van der Waals surface area contributed by atoms with Crippen LogP contribution in [0, 0.1) is 16.7 Å². The zero-order valence-corrected chi connectivity index (χ0v) is 12.1. The standard InChI is InChI=1S/C16H13N7/c17-9-13(16(18)19)22-21-12-5-3-4-11(8-12)14-10-23-7-2-1-6-15(23)20-14/h1-8,10,21H,(H3,18,19)/b22-13+. The summed E-state index contributed by atoms with van der Waals surface area (Å²) in [6, 6.07) is 15.0. The van der Waals surface area contributed by atoms with Gasteiger partial charge in [0.1, 0.15) is 11.7 Å². The number of hydrogen-bond acceptors (Lipinski definition) is 5. The molecular formula is C16H13N7. The fraction of sp³-hybridized carbons (Fsp3) is 0. The van der Waals surface area contributed by atoms with E-state index in [2.05, 4.69) is 15.5 Å². The topological polar surface area (TPSA) is 115 Å². The summed E-state index contributed by atoms with van der Waals surface area (Å²) < 4.78 is 1.94. The quantitative estimate of drug-likeness (QED) is 0.389. The van der Waals surface area contributed by atoms with Gasteiger partial charge in [-0.25, -0.2) is 4.98 Å². The Morgan fingerprint density at radius 2 is 2.17 bits per heavy atom. The first-order valence-corrected chi connectivity index (χ1v) is 6.80. The third-order valence-electron chi connectivity index (χ3n) is 3.18. The molecule has 0 saturated carbocycles. The Bertz CT molecular complexity index is 913. The number of aromatic nitrogens is 2. The van der Waals surface area contributed by atoms with E-state index in [0.717, 1.165) is 16.9 Å². The predicted octanol–water partition coefficient (Wildman–Crippen LogP) is 2.23. The molecule has 7 nitrogen and oxygen atoms in total. The minimum absolute atomic E-state index is 0.164. The zero-order chi connectivity index (χ0) is 16.2. The minimum Gasteiger partial charge on any atom is -0.382 e. The average Bonchev–Trinajstić information content (AvgIpc) is 2.99. The number of anilines is 1. The van der Waals surface area contributed by atoms with Crippen LogP contribution in [0.4, 0.5) is 5.69 Å². The van der Waals surface area contributed by atoms with Crippen LogP contribution in [0.2, 0.25) is 0 Å². The Morgan fingerprint density at radius 3 is 2.91 bits per heavy atom. The lowest BCUT2D eigenvalue weighted by molar-refractivity contribution is 1.19. The summed E-state index contributed by atoms with van der Waals surface area (Å²) in [4.78, 5) is 4.56. The summed E-state index contributed by atoms with van der Waals surface area (Å²) in [5.74, 6) is -0.378. The Morgan fingerprint density at radius 1 is 1.30 bits per heavy atom. The summed E-state index contributed by atoms with van der Waals surface area (Å²) in [6.45, 7) is 0. The van der Waals surface area contributed by atoms with Crippen LogP contribution in [0.3, 0.4) is 0 Å². The molecule has 0 bridgehead atoms. The second kappa shape index (κ2) is 5.99. The maximum absolute atomic E-state index is 8.83. The highest BCUT2D eigenvalue weighted by Gasteiger charge is 2.05. The van der Waals surface area contributed by atoms with Crippen molar-refractivity contribution < 1.29 is 0 Å². The first kappa shape index (κ1) is 14.3. The molecule has 0 fully saturated rings. The molecule has 1 aromatic carbocycles. The van der Waals surface area contributed by atoms with Crippen molar-refractivity contribution in [1.82, 2.24) is 9.38 Å². The van der Waals surface area contributed by atoms with E-state index in [1.54, 1.807) is 12.1 Å². The van der Waals surface area contributed by atoms with Crippen LogP contribution in [-0.4, -0.2) is 20.9 Å². The highest BCUT2D eigenvalue weighted by Crippen LogP contribution is 2.22. The van der Waals surface area contributed by atoms with Crippen LogP contribution in [0.15, 0.2) is 60.0 Å². The molecule has 0 aliphatic rings. The third-order valence-corrected chi connectivity index (χ3v) is 3.18. The van der Waals surface area contributed by atoms with E-state index in [9.17, 15) is 0 Å². The van der Waals surface area contributed by atoms with Crippen molar-refractivity contribution in [2.24, 2.45) is 10.8 Å². The zero-order valence-electron chi connectivity index (χ0n) is 12.1. The highest BCUT2D eigenvalue weighted by molar-refractivity contribution is 6.45. The Kier molecular flexibility index (Phi) is 3.72. The number of nitrogens with zero attached hydrogens (tertiary/aromatic N) is 4. The smallest absolute Gasteiger partial charge is 0.201 e. The third kappa shape index (κ3) is 3.01. The molecule has 2 heterocycles. The van der Waals surface area contributed by atoms with E-state index in [4.69, 9.17) is 16.4 Å². The van der Waals surface area contributed by atoms with Gasteiger partial charge >= 0.3 is 0 Å². The number of nitrogens with one attached hydrogen (secondary N) is 2. The van der Waals surface area contributed by atoms with Gasteiger partial charge in [0.05, 0.1) is 11.4 Å². The van der Waals surface area contributed by atoms with Crippen LogP contribution in [-0.2, 0) is 0 Å². The predicted molar refractivity (Wildman–Crippen MR) is 89.2 cm³/mol. The summed E-state index contributed by atoms with van der Waals surface area (Å²) in [5.41, 5.74) is 11.1. The van der Waals surface area contributed by atoms with E-state index in [-0.39, 0.29) is 11.5 Å². The molecule has 0 aliphatic heterocycles. The van der Waals surface area contributed by atoms with Crippen molar-refractivity contribution in [3.05, 3.63) is 54.9 Å². The van der Waals surface area contributed by atoms with Gasteiger partial charge in [0, 0.05) is 18.0 Å². The summed E-state index contributed by atoms with van der Waals surface area (Å²) in [6.07, 6.45) is 3.87. The van der Waals surface area contributed by atoms with Crippen LogP contribution >= 0.6 is 0 Å². The molecule has 7 heteroatoms. The van der Waals surface area contributed by atoms with Gasteiger partial charge < -0.3 is 10.1 Å². The van der Waals surface area contributed by atoms with E-state index < -0.39 is 0 Å². The van der Waals surface area contributed by atoms with Crippen LogP contribution in [0.5, 0.6) is 0 Å². The molecule has 0 saturated heterocycles. The summed E-state index contributed by atoms with van der Waals surface area (Å²) in [7, 11) is 0. The molecule has 0 aliphatic carbocycles. The number of pyridine rings is 1. The number of nitrogens with two attached hydrogens (primary N) is 1. The number of hydrazone groups is 1. The van der Waals surface area contributed by atoms with E-state index in [1.165, 1.54) is 0 Å². The van der Waals surface area contributed by atoms with Gasteiger partial charge in [-0.2, -0.15) is 10.4 Å². The summed E-state index contributed by atoms with van der Waals surface area (Å²) in [5, 5.41) is 19.9. The first-order chi connectivity index (χ1) is 11.2. The molecule has 0 radical (unpaired) electrons. The fourth-order valence-electron chi connectivity index (χ4n) is 2.09. The molecule has 2 aromatic heterocycles. The highest BCUT2D eigenvalue weighted by atomic mass is 15.3. The van der Waals surface area contributed by atoms with E-state index in [1.807, 2.05) is 53.2 Å². The number of fused-ring (bicyclic) bond motifs is 1. The summed E-state index contributed by atoms with van der Waals surface area (Å²) >= 11 is 0. The SMILES string of the molecule is N#C/C(=N\Nc1cccc(-c2cn3ccccc3n2)c1)C(=N)N. The normalized spacial score (nSPS) is 11.2. The average molecular weight is 303 g/mol. The molecule has 4 N–H and O–H groups in total. The number of hydrogen-bond donors (Lipinski definition) is 3. The molecule has 23 heavy (non-hydrogen) atoms. The number of rotatable bonds is 4. The van der Waals surface area contributed by atoms with Gasteiger partial charge in [-0.15, -0.1) is 0 Å². The van der Waals surface area contributed by atoms with E-state index in [0.29, 0.717) is 5.69 Å². The second-order valence-electron chi connectivity index (χ2n) is 4.77. The first-order valence-electron chi connectivity index (χ1n) is 6.80. The minimum atomic E-state index is -0.378. The number of imidazole rings is 1. The van der Waals surface area contributed by atoms with Gasteiger partial charge in [0.2, 0.25) is 5.71 Å². The van der Waals surface area contributed by atoms with E-state index >= 15 is 0 Å². The lowest BCUT2D eigenvalue weighted by atomic mass is 10.1. The number of benzene rings is 1. The maximum Gasteiger partial charge on any atom is 0.201 e. The molecule has 0 amide bonds. The van der Waals surface area contributed by atoms with Gasteiger partial charge in [0.15, 0.2) is 5.84 Å². The molecular weight excluding hydrogens is 290 g/mol. The molecule has 0 atom stereocenters. The number of nitriles is 1. The van der Waals surface area contributed by atoms with Crippen molar-refractivity contribution >= 4 is 22.9 Å². The fourth-order valence-corrected chi connectivity index (χ4v) is 2.09. The van der Waals surface area contributed by atoms with Gasteiger partial charge in [-0.1, -0.05) is 18.2 Å².